The fraction of sp³-hybridized carbons (Fsp3) is 0.182. The van der Waals surface area contributed by atoms with Gasteiger partial charge in [-0.25, -0.2) is 17.9 Å². The van der Waals surface area contributed by atoms with Crippen molar-refractivity contribution in [2.24, 2.45) is 16.6 Å². The number of aryl methyl sites for hydroxylation is 1. The number of benzene rings is 2. The van der Waals surface area contributed by atoms with Gasteiger partial charge in [0.25, 0.3) is 10.5 Å². The van der Waals surface area contributed by atoms with Crippen molar-refractivity contribution < 1.29 is 27.9 Å². The van der Waals surface area contributed by atoms with Crippen LogP contribution in [0.4, 0.5) is 14.0 Å². The number of hydrogen-bond donors (Lipinski definition) is 5. The van der Waals surface area contributed by atoms with E-state index >= 15 is 0 Å². The van der Waals surface area contributed by atoms with Gasteiger partial charge in [-0.05, 0) is 35.6 Å². The van der Waals surface area contributed by atoms with Gasteiger partial charge in [0.15, 0.2) is 0 Å². The topological polar surface area (TPSA) is 178 Å². The molecule has 2 amide bonds. The number of carbonyl (C=O) groups excluding carboxylic acids is 2. The summed E-state index contributed by atoms with van der Waals surface area (Å²) in [6, 6.07) is 11.2. The maximum absolute atomic E-state index is 13.6. The number of thiol groups is 2. The smallest absolute Gasteiger partial charge is 0.273 e. The van der Waals surface area contributed by atoms with E-state index in [0.29, 0.717) is 5.56 Å². The second-order valence-electron chi connectivity index (χ2n) is 6.54. The summed E-state index contributed by atoms with van der Waals surface area (Å²) < 4.78 is 37.6. The average Bonchev–Trinajstić information content (AvgIpc) is 3.12. The summed E-state index contributed by atoms with van der Waals surface area (Å²) in [5, 5.41) is 6.07. The van der Waals surface area contributed by atoms with Gasteiger partial charge in [0.05, 0.1) is 9.92 Å². The van der Waals surface area contributed by atoms with Crippen LogP contribution in [0, 0.1) is 5.82 Å². The molecule has 0 saturated carbocycles. The molecule has 8 nitrogen and oxygen atoms in total. The molecule has 0 radical (unpaired) electrons. The summed E-state index contributed by atoms with van der Waals surface area (Å²) in [6.07, 6.45) is 1.76. The summed E-state index contributed by atoms with van der Waals surface area (Å²) >= 11 is 13.7. The lowest BCUT2D eigenvalue weighted by Crippen LogP contribution is -2.13. The number of rotatable bonds is 5. The first-order chi connectivity index (χ1) is 15.8. The molecule has 0 atom stereocenters. The van der Waals surface area contributed by atoms with Crippen molar-refractivity contribution >= 4 is 68.7 Å². The highest BCUT2D eigenvalue weighted by Crippen LogP contribution is 2.42. The van der Waals surface area contributed by atoms with E-state index in [4.69, 9.17) is 26.3 Å². The van der Waals surface area contributed by atoms with Crippen LogP contribution in [0.2, 0.25) is 5.02 Å². The van der Waals surface area contributed by atoms with E-state index < -0.39 is 26.3 Å². The first-order valence-electron chi connectivity index (χ1n) is 9.44. The molecule has 1 aromatic heterocycles. The minimum absolute atomic E-state index is 0. The molecule has 2 aromatic carbocycles. The lowest BCUT2D eigenvalue weighted by Gasteiger charge is -2.12. The Labute approximate surface area is 230 Å². The summed E-state index contributed by atoms with van der Waals surface area (Å²) in [4.78, 5) is 19.3. The Balaban J connectivity index is 0. The fourth-order valence-electron chi connectivity index (χ4n) is 2.91. The summed E-state index contributed by atoms with van der Waals surface area (Å²) in [7, 11) is -3.88. The number of primary sulfonamides is 1. The van der Waals surface area contributed by atoms with Gasteiger partial charge in [-0.2, -0.15) is 0 Å². The Bertz CT molecular complexity index is 1250. The van der Waals surface area contributed by atoms with E-state index in [9.17, 15) is 12.8 Å². The van der Waals surface area contributed by atoms with Gasteiger partial charge in [-0.3, -0.25) is 9.59 Å². The van der Waals surface area contributed by atoms with Gasteiger partial charge < -0.3 is 16.9 Å². The number of hydrogen-bond acceptors (Lipinski definition) is 5. The van der Waals surface area contributed by atoms with Crippen LogP contribution in [0.15, 0.2) is 52.7 Å². The van der Waals surface area contributed by atoms with Crippen molar-refractivity contribution in [3.8, 4) is 22.3 Å². The highest BCUT2D eigenvalue weighted by atomic mass is 35.5. The van der Waals surface area contributed by atoms with Crippen LogP contribution in [-0.2, 0) is 16.4 Å². The zero-order valence-electron chi connectivity index (χ0n) is 18.4. The Morgan fingerprint density at radius 3 is 2.06 bits per heavy atom. The molecular weight excluding hydrogens is 569 g/mol. The van der Waals surface area contributed by atoms with Crippen molar-refractivity contribution in [2.45, 2.75) is 32.1 Å². The van der Waals surface area contributed by atoms with Gasteiger partial charge in [0.2, 0.25) is 10.0 Å². The second-order valence-corrected chi connectivity index (χ2v) is 10.3. The van der Waals surface area contributed by atoms with E-state index in [-0.39, 0.29) is 22.8 Å². The number of sulfonamides is 1. The first kappa shape index (κ1) is 36.0. The third-order valence-electron chi connectivity index (χ3n) is 4.04. The van der Waals surface area contributed by atoms with E-state index in [1.54, 1.807) is 41.7 Å². The molecule has 3 aromatic rings. The van der Waals surface area contributed by atoms with Crippen LogP contribution in [0.5, 0.6) is 0 Å². The number of carbonyl (C=O) groups is 2. The molecule has 0 unspecified atom stereocenters. The Hall–Kier alpha value is -2.13. The highest BCUT2D eigenvalue weighted by molar-refractivity contribution is 7.96. The minimum Gasteiger partial charge on any atom is -0.412 e. The zero-order valence-corrected chi connectivity index (χ0v) is 22.5. The minimum atomic E-state index is -3.88. The van der Waals surface area contributed by atoms with Crippen LogP contribution in [0.3, 0.4) is 0 Å². The van der Waals surface area contributed by atoms with Crippen molar-refractivity contribution in [2.75, 3.05) is 0 Å². The first-order valence-corrected chi connectivity index (χ1v) is 13.1. The number of halogens is 2. The van der Waals surface area contributed by atoms with Gasteiger partial charge in [0, 0.05) is 21.6 Å². The Morgan fingerprint density at radius 1 is 1.06 bits per heavy atom. The van der Waals surface area contributed by atoms with Crippen LogP contribution in [0.1, 0.15) is 25.6 Å². The number of amides is 2. The standard InChI is InChI=1S/C19H17ClFNO2S2.2CH3NOS.CH4.H2O/c1-2-5-17-19(12-8-9-16(21)15(20)10-12)14(11-25-17)13-6-3-4-7-18(13)26(22,23)24;2*2-1(3)4;;/h3-4,6-11H,2,5H2,1H3,(H2,22,23,24);2*(H3,2,3,4);1H4;1H2. The van der Waals surface area contributed by atoms with Crippen LogP contribution in [-0.4, -0.2) is 24.4 Å². The van der Waals surface area contributed by atoms with Crippen molar-refractivity contribution in [1.82, 2.24) is 0 Å². The molecule has 3 rings (SSSR count). The van der Waals surface area contributed by atoms with E-state index in [1.807, 2.05) is 5.38 Å². The molecule has 0 aliphatic rings. The maximum Gasteiger partial charge on any atom is 0.273 e. The Morgan fingerprint density at radius 2 is 1.58 bits per heavy atom. The molecule has 0 aliphatic carbocycles. The van der Waals surface area contributed by atoms with Gasteiger partial charge in [-0.1, -0.05) is 81.9 Å². The third kappa shape index (κ3) is 11.3. The monoisotopic (exact) mass is 597 g/mol. The second kappa shape index (κ2) is 16.6. The van der Waals surface area contributed by atoms with Gasteiger partial charge >= 0.3 is 0 Å². The summed E-state index contributed by atoms with van der Waals surface area (Å²) in [5.41, 5.74) is 11.6. The maximum atomic E-state index is 13.6. The van der Waals surface area contributed by atoms with E-state index in [2.05, 4.69) is 43.6 Å². The summed E-state index contributed by atoms with van der Waals surface area (Å²) in [6.45, 7) is 2.07. The zero-order chi connectivity index (χ0) is 26.1. The SMILES string of the molecule is C.CCCc1scc(-c2ccccc2S(N)(=O)=O)c1-c1ccc(F)c(Cl)c1.NC(=O)S.NC(=O)S.O. The Kier molecular flexibility index (Phi) is 16.6. The largest absolute Gasteiger partial charge is 0.412 e. The van der Waals surface area contributed by atoms with Crippen LogP contribution < -0.4 is 16.6 Å². The fourth-order valence-corrected chi connectivity index (χ4v) is 5.02. The van der Waals surface area contributed by atoms with Crippen molar-refractivity contribution in [3.05, 3.63) is 63.6 Å². The molecule has 1 heterocycles. The molecule has 0 bridgehead atoms. The predicted octanol–water partition coefficient (Wildman–Crippen LogP) is 5.28. The average molecular weight is 598 g/mol. The van der Waals surface area contributed by atoms with E-state index in [0.717, 1.165) is 34.4 Å². The van der Waals surface area contributed by atoms with Crippen LogP contribution >= 0.6 is 48.2 Å². The highest BCUT2D eigenvalue weighted by Gasteiger charge is 2.21. The van der Waals surface area contributed by atoms with Crippen molar-refractivity contribution in [1.29, 1.82) is 0 Å². The number of thiophene rings is 1. The number of primary amides is 2. The van der Waals surface area contributed by atoms with E-state index in [1.165, 1.54) is 12.1 Å². The summed E-state index contributed by atoms with van der Waals surface area (Å²) in [5.74, 6) is -0.492. The molecule has 200 valence electrons. The molecule has 8 N–H and O–H groups in total. The predicted molar refractivity (Wildman–Crippen MR) is 153 cm³/mol. The third-order valence-corrected chi connectivity index (χ3v) is 6.34. The normalized spacial score (nSPS) is 9.83. The quantitative estimate of drug-likeness (QED) is 0.251. The molecule has 14 heteroatoms. The molecule has 0 spiro atoms. The van der Waals surface area contributed by atoms with Crippen LogP contribution in [0.25, 0.3) is 22.3 Å². The molecular formula is C22H29ClFN3O5S4. The lowest BCUT2D eigenvalue weighted by molar-refractivity contribution is 0.266. The molecule has 0 aliphatic heterocycles. The van der Waals surface area contributed by atoms with Gasteiger partial charge in [-0.15, -0.1) is 11.3 Å². The molecule has 0 saturated heterocycles. The molecule has 36 heavy (non-hydrogen) atoms. The lowest BCUT2D eigenvalue weighted by atomic mass is 9.95. The van der Waals surface area contributed by atoms with Gasteiger partial charge in [0.1, 0.15) is 5.82 Å². The molecule has 0 fully saturated rings. The van der Waals surface area contributed by atoms with Crippen molar-refractivity contribution in [3.63, 3.8) is 0 Å². The number of nitrogens with two attached hydrogens (primary N) is 3.